The first-order valence-electron chi connectivity index (χ1n) is 10.1. The second-order valence-corrected chi connectivity index (χ2v) is 7.64. The summed E-state index contributed by atoms with van der Waals surface area (Å²) in [6, 6.07) is 9.57. The van der Waals surface area contributed by atoms with Gasteiger partial charge in [-0.05, 0) is 42.7 Å². The number of nitro groups is 1. The monoisotopic (exact) mass is 450 g/mol. The number of hydrogen-bond donors (Lipinski definition) is 2. The van der Waals surface area contributed by atoms with Crippen molar-refractivity contribution in [2.45, 2.75) is 25.2 Å². The van der Waals surface area contributed by atoms with Crippen molar-refractivity contribution in [1.82, 2.24) is 0 Å². The number of methoxy groups -OCH3 is 1. The Hall–Kier alpha value is -4.39. The van der Waals surface area contributed by atoms with Gasteiger partial charge in [0.15, 0.2) is 17.3 Å². The number of nitrogens with two attached hydrogens (primary N) is 1. The van der Waals surface area contributed by atoms with Crippen molar-refractivity contribution in [3.63, 3.8) is 0 Å². The summed E-state index contributed by atoms with van der Waals surface area (Å²) in [5.74, 6) is -1.90. The van der Waals surface area contributed by atoms with Crippen LogP contribution in [0.3, 0.4) is 0 Å². The Morgan fingerprint density at radius 2 is 2.06 bits per heavy atom. The molecule has 33 heavy (non-hydrogen) atoms. The highest BCUT2D eigenvalue weighted by Crippen LogP contribution is 2.48. The zero-order valence-electron chi connectivity index (χ0n) is 17.5. The fourth-order valence-corrected chi connectivity index (χ4v) is 4.40. The maximum atomic E-state index is 13.8. The number of phenols is 1. The first-order chi connectivity index (χ1) is 15.8. The molecule has 0 spiro atoms. The highest BCUT2D eigenvalue weighted by atomic mass is 19.1. The van der Waals surface area contributed by atoms with Crippen LogP contribution in [0, 0.1) is 27.3 Å². The number of hydrogen-bond acceptors (Lipinski definition) is 8. The van der Waals surface area contributed by atoms with Gasteiger partial charge >= 0.3 is 0 Å². The number of nitro benzene ring substituents is 1. The van der Waals surface area contributed by atoms with E-state index in [-0.39, 0.29) is 40.8 Å². The molecule has 1 heterocycles. The second kappa shape index (κ2) is 8.27. The molecular weight excluding hydrogens is 431 g/mol. The maximum Gasteiger partial charge on any atom is 0.296 e. The number of benzene rings is 2. The Labute approximate surface area is 187 Å². The van der Waals surface area contributed by atoms with Crippen LogP contribution >= 0.6 is 0 Å². The molecule has 10 heteroatoms. The fourth-order valence-electron chi connectivity index (χ4n) is 4.40. The van der Waals surface area contributed by atoms with Gasteiger partial charge in [-0.1, -0.05) is 6.07 Å². The van der Waals surface area contributed by atoms with Crippen LogP contribution in [0.4, 0.5) is 15.8 Å². The van der Waals surface area contributed by atoms with E-state index >= 15 is 0 Å². The predicted molar refractivity (Wildman–Crippen MR) is 116 cm³/mol. The Morgan fingerprint density at radius 1 is 1.30 bits per heavy atom. The number of carbonyl (C=O) groups is 1. The molecule has 3 N–H and O–H groups in total. The minimum atomic E-state index is -0.844. The number of ketones is 1. The summed E-state index contributed by atoms with van der Waals surface area (Å²) in [5, 5.41) is 31.7. The third-order valence-corrected chi connectivity index (χ3v) is 5.83. The molecule has 0 bridgehead atoms. The normalized spacial score (nSPS) is 18.2. The lowest BCUT2D eigenvalue weighted by atomic mass is 9.75. The van der Waals surface area contributed by atoms with Crippen LogP contribution in [-0.2, 0) is 4.79 Å². The zero-order chi connectivity index (χ0) is 23.9. The van der Waals surface area contributed by atoms with Crippen LogP contribution in [0.1, 0.15) is 30.7 Å². The summed E-state index contributed by atoms with van der Waals surface area (Å²) >= 11 is 0. The molecule has 1 aliphatic heterocycles. The van der Waals surface area contributed by atoms with Gasteiger partial charge in [0.2, 0.25) is 0 Å². The van der Waals surface area contributed by atoms with Crippen LogP contribution < -0.4 is 15.4 Å². The summed E-state index contributed by atoms with van der Waals surface area (Å²) in [6.45, 7) is 0. The average Bonchev–Trinajstić information content (AvgIpc) is 2.79. The zero-order valence-corrected chi connectivity index (χ0v) is 17.5. The summed E-state index contributed by atoms with van der Waals surface area (Å²) in [4.78, 5) is 25.4. The second-order valence-electron chi connectivity index (χ2n) is 7.64. The highest BCUT2D eigenvalue weighted by molar-refractivity contribution is 6.01. The lowest BCUT2D eigenvalue weighted by Crippen LogP contribution is -2.39. The molecule has 168 valence electrons. The standard InChI is InChI=1S/C23H19FN4O5/c1-33-20-9-12(5-8-18(20)29)21-14(11-25)23(26)27(16-3-2-4-19(30)22(16)21)15-7-6-13(24)10-17(15)28(31)32/h5-10,21,29H,2-4,26H2,1H3/t21-/m0/s1. The molecule has 0 aromatic heterocycles. The van der Waals surface area contributed by atoms with E-state index in [1.54, 1.807) is 6.07 Å². The van der Waals surface area contributed by atoms with Crippen molar-refractivity contribution in [3.05, 3.63) is 80.6 Å². The van der Waals surface area contributed by atoms with Crippen molar-refractivity contribution in [2.75, 3.05) is 12.0 Å². The largest absolute Gasteiger partial charge is 0.504 e. The van der Waals surface area contributed by atoms with Crippen LogP contribution in [0.25, 0.3) is 0 Å². The lowest BCUT2D eigenvalue weighted by molar-refractivity contribution is -0.384. The quantitative estimate of drug-likeness (QED) is 0.530. The molecule has 0 fully saturated rings. The molecule has 0 saturated carbocycles. The maximum absolute atomic E-state index is 13.8. The summed E-state index contributed by atoms with van der Waals surface area (Å²) in [7, 11) is 1.38. The molecule has 2 aromatic carbocycles. The average molecular weight is 450 g/mol. The van der Waals surface area contributed by atoms with Gasteiger partial charge in [0, 0.05) is 17.7 Å². The molecule has 0 saturated heterocycles. The van der Waals surface area contributed by atoms with Gasteiger partial charge in [-0.15, -0.1) is 0 Å². The third-order valence-electron chi connectivity index (χ3n) is 5.83. The number of ether oxygens (including phenoxy) is 1. The van der Waals surface area contributed by atoms with E-state index in [0.29, 0.717) is 29.7 Å². The van der Waals surface area contributed by atoms with Crippen molar-refractivity contribution in [3.8, 4) is 17.6 Å². The molecule has 0 unspecified atom stereocenters. The van der Waals surface area contributed by atoms with E-state index in [1.165, 1.54) is 30.2 Å². The smallest absolute Gasteiger partial charge is 0.296 e. The van der Waals surface area contributed by atoms with Gasteiger partial charge in [-0.2, -0.15) is 5.26 Å². The van der Waals surface area contributed by atoms with E-state index < -0.39 is 22.3 Å². The van der Waals surface area contributed by atoms with E-state index in [1.807, 2.05) is 6.07 Å². The molecule has 1 atom stereocenters. The summed E-state index contributed by atoms with van der Waals surface area (Å²) < 4.78 is 19.0. The first-order valence-corrected chi connectivity index (χ1v) is 10.1. The van der Waals surface area contributed by atoms with E-state index in [2.05, 4.69) is 0 Å². The number of Topliss-reactive ketones (excluding diaryl/α,β-unsaturated/α-hetero) is 1. The topological polar surface area (TPSA) is 143 Å². The van der Waals surface area contributed by atoms with E-state index in [9.17, 15) is 29.7 Å². The molecule has 0 amide bonds. The Morgan fingerprint density at radius 3 is 2.73 bits per heavy atom. The minimum Gasteiger partial charge on any atom is -0.504 e. The lowest BCUT2D eigenvalue weighted by Gasteiger charge is -2.39. The van der Waals surface area contributed by atoms with Gasteiger partial charge in [0.25, 0.3) is 5.69 Å². The van der Waals surface area contributed by atoms with Gasteiger partial charge in [0.1, 0.15) is 17.3 Å². The number of carbonyl (C=O) groups excluding carboxylic acids is 1. The molecule has 0 radical (unpaired) electrons. The van der Waals surface area contributed by atoms with Crippen LogP contribution in [0.2, 0.25) is 0 Å². The summed E-state index contributed by atoms with van der Waals surface area (Å²) in [5.41, 5.74) is 7.05. The number of aromatic hydroxyl groups is 1. The van der Waals surface area contributed by atoms with E-state index in [0.717, 1.165) is 12.1 Å². The van der Waals surface area contributed by atoms with Gasteiger partial charge < -0.3 is 15.6 Å². The van der Waals surface area contributed by atoms with Crippen molar-refractivity contribution in [1.29, 1.82) is 5.26 Å². The van der Waals surface area contributed by atoms with Crippen molar-refractivity contribution >= 4 is 17.2 Å². The van der Waals surface area contributed by atoms with Crippen molar-refractivity contribution in [2.24, 2.45) is 5.73 Å². The SMILES string of the molecule is COc1cc([C@H]2C(C#N)=C(N)N(c3ccc(F)cc3[N+](=O)[O-])C3=C2C(=O)CCC3)ccc1O. The number of anilines is 1. The number of phenolic OH excluding ortho intramolecular Hbond substituents is 1. The van der Waals surface area contributed by atoms with E-state index in [4.69, 9.17) is 10.5 Å². The Kier molecular flexibility index (Phi) is 5.47. The first kappa shape index (κ1) is 21.8. The van der Waals surface area contributed by atoms with Crippen LogP contribution in [0.15, 0.2) is 59.1 Å². The molecule has 2 aliphatic rings. The third kappa shape index (κ3) is 3.53. The Balaban J connectivity index is 2.01. The number of halogens is 1. The summed E-state index contributed by atoms with van der Waals surface area (Å²) in [6.07, 6.45) is 1.10. The number of nitriles is 1. The molecule has 4 rings (SSSR count). The number of allylic oxidation sites excluding steroid dienone is 3. The Bertz CT molecular complexity index is 1290. The van der Waals surface area contributed by atoms with Crippen LogP contribution in [0.5, 0.6) is 11.5 Å². The molecule has 1 aliphatic carbocycles. The molecular formula is C23H19FN4O5. The fraction of sp³-hybridized carbons (Fsp3) is 0.217. The highest BCUT2D eigenvalue weighted by Gasteiger charge is 2.42. The number of rotatable bonds is 4. The number of nitrogens with zero attached hydrogens (tertiary/aromatic N) is 3. The van der Waals surface area contributed by atoms with Gasteiger partial charge in [-0.25, -0.2) is 4.39 Å². The van der Waals surface area contributed by atoms with Crippen molar-refractivity contribution < 1.29 is 24.0 Å². The molecule has 2 aromatic rings. The predicted octanol–water partition coefficient (Wildman–Crippen LogP) is 3.75. The van der Waals surface area contributed by atoms with Gasteiger partial charge in [-0.3, -0.25) is 19.8 Å². The minimum absolute atomic E-state index is 0.00960. The van der Waals surface area contributed by atoms with Gasteiger partial charge in [0.05, 0.1) is 35.7 Å². The van der Waals surface area contributed by atoms with Crippen LogP contribution in [-0.4, -0.2) is 22.9 Å². The molecule has 9 nitrogen and oxygen atoms in total.